The molecule has 3 saturated heterocycles. The van der Waals surface area contributed by atoms with Crippen LogP contribution in [-0.4, -0.2) is 77.0 Å². The van der Waals surface area contributed by atoms with Crippen molar-refractivity contribution in [3.05, 3.63) is 51.8 Å². The largest absolute Gasteiger partial charge is 0.393 e. The van der Waals surface area contributed by atoms with Crippen LogP contribution in [0.25, 0.3) is 21.1 Å². The molecular formula is C33H36F3N7O2S. The van der Waals surface area contributed by atoms with Gasteiger partial charge in [-0.1, -0.05) is 13.0 Å². The molecule has 1 aromatic carbocycles. The zero-order chi connectivity index (χ0) is 32.2. The van der Waals surface area contributed by atoms with Gasteiger partial charge in [-0.25, -0.2) is 9.97 Å². The molecule has 13 heteroatoms. The number of aromatic nitrogens is 3. The van der Waals surface area contributed by atoms with Gasteiger partial charge in [-0.05, 0) is 55.6 Å². The number of hydrogen-bond donors (Lipinski definition) is 1. The first-order valence-electron chi connectivity index (χ1n) is 15.8. The number of thiophene rings is 1. The number of rotatable bonds is 7. The number of nitrogens with one attached hydrogen (secondary N) is 1. The van der Waals surface area contributed by atoms with Gasteiger partial charge in [-0.3, -0.25) is 9.69 Å². The topological polar surface area (TPSA) is 99.3 Å². The van der Waals surface area contributed by atoms with E-state index in [9.17, 15) is 23.2 Å². The van der Waals surface area contributed by atoms with Gasteiger partial charge in [0, 0.05) is 60.3 Å². The van der Waals surface area contributed by atoms with Gasteiger partial charge in [0.05, 0.1) is 24.5 Å². The number of benzene rings is 1. The minimum absolute atomic E-state index is 0.0318. The maximum absolute atomic E-state index is 13.2. The summed E-state index contributed by atoms with van der Waals surface area (Å²) < 4.78 is 47.2. The molecule has 0 aliphatic carbocycles. The monoisotopic (exact) mass is 651 g/mol. The lowest BCUT2D eigenvalue weighted by molar-refractivity contribution is -0.133. The number of ether oxygens (including phenoxy) is 1. The summed E-state index contributed by atoms with van der Waals surface area (Å²) in [6.07, 6.45) is -2.72. The van der Waals surface area contributed by atoms with Gasteiger partial charge in [-0.2, -0.15) is 18.4 Å². The highest BCUT2D eigenvalue weighted by molar-refractivity contribution is 7.18. The number of nitriles is 1. The molecule has 0 saturated carbocycles. The number of anilines is 1. The number of alkyl halides is 3. The van der Waals surface area contributed by atoms with E-state index in [4.69, 9.17) is 9.72 Å². The molecule has 1 N–H and O–H groups in total. The second kappa shape index (κ2) is 11.8. The van der Waals surface area contributed by atoms with E-state index >= 15 is 0 Å². The van der Waals surface area contributed by atoms with Gasteiger partial charge in [0.15, 0.2) is 0 Å². The van der Waals surface area contributed by atoms with E-state index in [1.165, 1.54) is 5.56 Å². The number of fused-ring (bicyclic) bond motifs is 2. The number of nitrogens with zero attached hydrogens (tertiary/aromatic N) is 6. The Morgan fingerprint density at radius 2 is 2.00 bits per heavy atom. The van der Waals surface area contributed by atoms with Crippen LogP contribution in [0.4, 0.5) is 19.0 Å². The van der Waals surface area contributed by atoms with Crippen molar-refractivity contribution in [3.63, 3.8) is 0 Å². The molecule has 0 radical (unpaired) electrons. The van der Waals surface area contributed by atoms with E-state index in [-0.39, 0.29) is 28.9 Å². The van der Waals surface area contributed by atoms with E-state index < -0.39 is 12.6 Å². The first kappa shape index (κ1) is 30.9. The number of morpholine rings is 1. The zero-order valence-electron chi connectivity index (χ0n) is 25.9. The van der Waals surface area contributed by atoms with E-state index in [1.807, 2.05) is 17.6 Å². The van der Waals surface area contributed by atoms with Crippen molar-refractivity contribution >= 4 is 44.2 Å². The summed E-state index contributed by atoms with van der Waals surface area (Å²) in [6, 6.07) is 10.2. The van der Waals surface area contributed by atoms with Crippen LogP contribution in [0.1, 0.15) is 47.3 Å². The summed E-state index contributed by atoms with van der Waals surface area (Å²) in [6.45, 7) is 9.37. The smallest absolute Gasteiger partial charge is 0.365 e. The van der Waals surface area contributed by atoms with Crippen LogP contribution in [0.2, 0.25) is 0 Å². The Morgan fingerprint density at radius 1 is 1.17 bits per heavy atom. The van der Waals surface area contributed by atoms with Crippen molar-refractivity contribution in [1.82, 2.24) is 24.8 Å². The Hall–Kier alpha value is -3.73. The molecule has 3 aliphatic rings. The quantitative estimate of drug-likeness (QED) is 0.297. The summed E-state index contributed by atoms with van der Waals surface area (Å²) in [5.41, 5.74) is 4.03. The third-order valence-corrected chi connectivity index (χ3v) is 10.8. The Bertz CT molecular complexity index is 1850. The SMILES string of the molecule is CCc1nc(N2CCC3(CCN(Cc4ccc5c(cc(C#N)n5C[C@@H]5CNC(=O)CO5)c4C)C3)C2)c2cc(CC(F)(F)F)sc2n1. The van der Waals surface area contributed by atoms with Gasteiger partial charge in [0.2, 0.25) is 5.91 Å². The number of aryl methyl sites for hydroxylation is 2. The number of amides is 1. The minimum Gasteiger partial charge on any atom is -0.365 e. The van der Waals surface area contributed by atoms with Crippen LogP contribution < -0.4 is 10.2 Å². The Morgan fingerprint density at radius 3 is 2.74 bits per heavy atom. The van der Waals surface area contributed by atoms with Crippen LogP contribution >= 0.6 is 11.3 Å². The van der Waals surface area contributed by atoms with Crippen molar-refractivity contribution in [2.24, 2.45) is 5.41 Å². The van der Waals surface area contributed by atoms with Crippen LogP contribution in [0, 0.1) is 23.7 Å². The number of halogens is 3. The number of carbonyl (C=O) groups is 1. The average molecular weight is 652 g/mol. The molecule has 3 fully saturated rings. The maximum Gasteiger partial charge on any atom is 0.393 e. The highest BCUT2D eigenvalue weighted by Gasteiger charge is 2.44. The molecule has 0 bridgehead atoms. The van der Waals surface area contributed by atoms with Crippen molar-refractivity contribution < 1.29 is 22.7 Å². The highest BCUT2D eigenvalue weighted by atomic mass is 32.1. The maximum atomic E-state index is 13.2. The first-order chi connectivity index (χ1) is 22.0. The first-order valence-corrected chi connectivity index (χ1v) is 16.6. The summed E-state index contributed by atoms with van der Waals surface area (Å²) in [5, 5.41) is 14.5. The molecule has 3 aromatic heterocycles. The third-order valence-electron chi connectivity index (χ3n) is 9.75. The predicted octanol–water partition coefficient (Wildman–Crippen LogP) is 5.11. The summed E-state index contributed by atoms with van der Waals surface area (Å²) in [5.74, 6) is 1.30. The molecule has 4 aromatic rings. The van der Waals surface area contributed by atoms with E-state index in [1.54, 1.807) is 6.07 Å². The standard InChI is InChI=1S/C33H36F3N7O2S/c1-3-28-39-30(26-11-24(12-33(34,35)36)46-31(26)40-28)42-9-7-32(19-42)6-8-41(18-32)15-21-4-5-27-25(20(21)2)10-22(13-37)43(27)16-23-14-38-29(44)17-45-23/h4-5,10-11,23H,3,6-9,12,14-19H2,1-2H3,(H,38,44)/t23-,32?/m0/s1. The minimum atomic E-state index is -4.26. The van der Waals surface area contributed by atoms with Gasteiger partial charge >= 0.3 is 6.18 Å². The summed E-state index contributed by atoms with van der Waals surface area (Å²) in [7, 11) is 0. The van der Waals surface area contributed by atoms with E-state index in [0.29, 0.717) is 35.9 Å². The Labute approximate surface area is 269 Å². The second-order valence-corrected chi connectivity index (χ2v) is 14.1. The molecule has 7 rings (SSSR count). The molecule has 3 aliphatic heterocycles. The lowest BCUT2D eigenvalue weighted by Crippen LogP contribution is -2.44. The highest BCUT2D eigenvalue weighted by Crippen LogP contribution is 2.44. The zero-order valence-corrected chi connectivity index (χ0v) is 26.7. The molecule has 242 valence electrons. The predicted molar refractivity (Wildman–Crippen MR) is 170 cm³/mol. The van der Waals surface area contributed by atoms with Crippen molar-refractivity contribution in [1.29, 1.82) is 5.26 Å². The molecule has 9 nitrogen and oxygen atoms in total. The average Bonchev–Trinajstić information content (AvgIpc) is 3.80. The lowest BCUT2D eigenvalue weighted by Gasteiger charge is -2.26. The molecule has 1 spiro atoms. The molecule has 6 heterocycles. The molecule has 1 amide bonds. The van der Waals surface area contributed by atoms with Gasteiger partial charge in [-0.15, -0.1) is 11.3 Å². The fraction of sp³-hybridized carbons (Fsp3) is 0.515. The fourth-order valence-corrected chi connectivity index (χ4v) is 8.44. The number of hydrogen-bond acceptors (Lipinski definition) is 8. The van der Waals surface area contributed by atoms with Crippen molar-refractivity contribution in [2.75, 3.05) is 44.2 Å². The third kappa shape index (κ3) is 5.94. The number of likely N-dealkylation sites (tertiary alicyclic amines) is 1. The normalized spacial score (nSPS) is 22.4. The fourth-order valence-electron chi connectivity index (χ4n) is 7.37. The van der Waals surface area contributed by atoms with E-state index in [0.717, 1.165) is 84.6 Å². The second-order valence-electron chi connectivity index (χ2n) is 12.9. The van der Waals surface area contributed by atoms with Gasteiger partial charge in [0.25, 0.3) is 0 Å². The van der Waals surface area contributed by atoms with Crippen molar-refractivity contribution in [3.8, 4) is 6.07 Å². The molecule has 2 atom stereocenters. The van der Waals surface area contributed by atoms with Gasteiger partial charge in [0.1, 0.15) is 34.8 Å². The van der Waals surface area contributed by atoms with Crippen LogP contribution in [-0.2, 0) is 35.5 Å². The Kier molecular flexibility index (Phi) is 7.93. The molecule has 1 unspecified atom stereocenters. The summed E-state index contributed by atoms with van der Waals surface area (Å²) in [4.78, 5) is 26.6. The van der Waals surface area contributed by atoms with Crippen LogP contribution in [0.3, 0.4) is 0 Å². The lowest BCUT2D eigenvalue weighted by atomic mass is 9.86. The summed E-state index contributed by atoms with van der Waals surface area (Å²) >= 11 is 1.12. The van der Waals surface area contributed by atoms with Crippen LogP contribution in [0.15, 0.2) is 24.3 Å². The molecule has 46 heavy (non-hydrogen) atoms. The Balaban J connectivity index is 1.07. The number of carbonyl (C=O) groups excluding carboxylic acids is 1. The van der Waals surface area contributed by atoms with Crippen molar-refractivity contribution in [2.45, 2.75) is 64.9 Å². The molecular weight excluding hydrogens is 615 g/mol. The van der Waals surface area contributed by atoms with E-state index in [2.05, 4.69) is 45.2 Å². The van der Waals surface area contributed by atoms with Gasteiger partial charge < -0.3 is 19.5 Å². The van der Waals surface area contributed by atoms with Crippen LogP contribution in [0.5, 0.6) is 0 Å².